The first kappa shape index (κ1) is 37.1. The molecule has 0 fully saturated rings. The lowest BCUT2D eigenvalue weighted by Gasteiger charge is -2.25. The van der Waals surface area contributed by atoms with Crippen LogP contribution in [-0.4, -0.2) is 72.8 Å². The van der Waals surface area contributed by atoms with Crippen LogP contribution in [-0.2, 0) is 32.0 Å². The summed E-state index contributed by atoms with van der Waals surface area (Å²) in [4.78, 5) is 36.9. The first-order valence-corrected chi connectivity index (χ1v) is 14.1. The minimum absolute atomic E-state index is 0.0610. The van der Waals surface area contributed by atoms with Gasteiger partial charge in [0, 0.05) is 36.2 Å². The van der Waals surface area contributed by atoms with Crippen LogP contribution >= 0.6 is 0 Å². The number of aromatic nitrogens is 1. The number of nitrogens with two attached hydrogens (primary N) is 1. The number of anilines is 1. The summed E-state index contributed by atoms with van der Waals surface area (Å²) in [5.74, 6) is 0.122. The maximum Gasteiger partial charge on any atom is 0.408 e. The van der Waals surface area contributed by atoms with Gasteiger partial charge in [0.2, 0.25) is 13.1 Å². The molecule has 3 N–H and O–H groups in total. The van der Waals surface area contributed by atoms with E-state index in [0.29, 0.717) is 11.5 Å². The minimum Gasteiger partial charge on any atom is -0.445 e. The molecule has 1 heterocycles. The Bertz CT molecular complexity index is 1100. The van der Waals surface area contributed by atoms with E-state index in [1.807, 2.05) is 57.2 Å². The highest BCUT2D eigenvalue weighted by Crippen LogP contribution is 2.15. The zero-order valence-electron chi connectivity index (χ0n) is 25.8. The zero-order valence-corrected chi connectivity index (χ0v) is 25.8. The molecular weight excluding hydrogens is 562 g/mol. The second-order valence-corrected chi connectivity index (χ2v) is 10.0. The van der Waals surface area contributed by atoms with Crippen LogP contribution in [0.15, 0.2) is 42.5 Å². The maximum atomic E-state index is 12.1. The van der Waals surface area contributed by atoms with Crippen LogP contribution < -0.4 is 11.1 Å². The number of pyridine rings is 1. The van der Waals surface area contributed by atoms with E-state index in [0.717, 1.165) is 24.0 Å². The van der Waals surface area contributed by atoms with Crippen LogP contribution in [0.4, 0.5) is 10.6 Å². The average Bonchev–Trinajstić information content (AvgIpc) is 2.95. The van der Waals surface area contributed by atoms with Crippen molar-refractivity contribution in [3.63, 3.8) is 0 Å². The molecule has 2 rings (SSSR count). The third-order valence-corrected chi connectivity index (χ3v) is 6.44. The first-order valence-electron chi connectivity index (χ1n) is 14.1. The van der Waals surface area contributed by atoms with Gasteiger partial charge in [0.15, 0.2) is 6.29 Å². The number of hydrogen-bond acceptors (Lipinski definition) is 11. The number of carbonyl (C=O) groups excluding carboxylic acids is 1. The topological polar surface area (TPSA) is 191 Å². The number of methoxy groups -OCH3 is 2. The molecule has 2 aromatic rings. The summed E-state index contributed by atoms with van der Waals surface area (Å²) in [6, 6.07) is 11.8. The molecule has 0 aliphatic carbocycles. The van der Waals surface area contributed by atoms with E-state index >= 15 is 0 Å². The molecule has 1 aromatic carbocycles. The zero-order chi connectivity index (χ0) is 32.4. The third-order valence-electron chi connectivity index (χ3n) is 6.44. The van der Waals surface area contributed by atoms with Crippen molar-refractivity contribution in [2.24, 2.45) is 5.92 Å². The molecule has 1 amide bonds. The highest BCUT2D eigenvalue weighted by Gasteiger charge is 2.29. The highest BCUT2D eigenvalue weighted by molar-refractivity contribution is 5.67. The van der Waals surface area contributed by atoms with Gasteiger partial charge in [0.1, 0.15) is 18.5 Å². The number of hydrogen-bond donors (Lipinski definition) is 2. The van der Waals surface area contributed by atoms with Crippen molar-refractivity contribution in [2.75, 3.05) is 33.0 Å². The van der Waals surface area contributed by atoms with Crippen molar-refractivity contribution in [3.05, 3.63) is 79.5 Å². The van der Waals surface area contributed by atoms with Gasteiger partial charge in [0.05, 0.1) is 18.1 Å². The van der Waals surface area contributed by atoms with Crippen LogP contribution in [0, 0.1) is 33.1 Å². The Morgan fingerprint density at radius 2 is 1.65 bits per heavy atom. The molecule has 240 valence electrons. The normalized spacial score (nSPS) is 13.7. The molecule has 0 radical (unpaired) electrons. The highest BCUT2D eigenvalue weighted by atomic mass is 16.7. The Kier molecular flexibility index (Phi) is 17.4. The minimum atomic E-state index is -0.896. The lowest BCUT2D eigenvalue weighted by molar-refractivity contribution is -0.493. The molecule has 1 aromatic heterocycles. The van der Waals surface area contributed by atoms with E-state index in [2.05, 4.69) is 10.3 Å². The molecule has 0 aliphatic heterocycles. The Balaban J connectivity index is 0.000000523. The lowest BCUT2D eigenvalue weighted by Crippen LogP contribution is -2.49. The predicted octanol–water partition coefficient (Wildman–Crippen LogP) is 4.18. The summed E-state index contributed by atoms with van der Waals surface area (Å²) < 4.78 is 21.3. The Labute approximate surface area is 252 Å². The molecule has 0 unspecified atom stereocenters. The summed E-state index contributed by atoms with van der Waals surface area (Å²) in [5.41, 5.74) is 8.11. The molecule has 0 saturated heterocycles. The fourth-order valence-electron chi connectivity index (χ4n) is 4.22. The summed E-state index contributed by atoms with van der Waals surface area (Å²) in [5, 5.41) is 24.0. The fourth-order valence-corrected chi connectivity index (χ4v) is 4.22. The molecular formula is C29H45N5O9. The molecule has 0 spiro atoms. The van der Waals surface area contributed by atoms with Gasteiger partial charge in [-0.1, -0.05) is 51.1 Å². The van der Waals surface area contributed by atoms with Crippen LogP contribution in [0.1, 0.15) is 50.4 Å². The molecule has 4 atom stereocenters. The number of rotatable bonds is 17. The molecule has 14 heteroatoms. The molecule has 0 aliphatic rings. The van der Waals surface area contributed by atoms with Crippen molar-refractivity contribution >= 4 is 11.9 Å². The van der Waals surface area contributed by atoms with Crippen molar-refractivity contribution in [1.29, 1.82) is 0 Å². The van der Waals surface area contributed by atoms with Gasteiger partial charge >= 0.3 is 6.09 Å². The maximum absolute atomic E-state index is 12.1. The van der Waals surface area contributed by atoms with Gasteiger partial charge in [0.25, 0.3) is 0 Å². The van der Waals surface area contributed by atoms with E-state index in [9.17, 15) is 25.0 Å². The lowest BCUT2D eigenvalue weighted by atomic mass is 10.0. The molecule has 0 bridgehead atoms. The Morgan fingerprint density at radius 1 is 1.02 bits per heavy atom. The van der Waals surface area contributed by atoms with Crippen LogP contribution in [0.2, 0.25) is 0 Å². The van der Waals surface area contributed by atoms with Gasteiger partial charge in [-0.05, 0) is 43.0 Å². The number of nitrogens with zero attached hydrogens (tertiary/aromatic N) is 3. The SMILES string of the molecule is CCC(CC)O[C@H](OC)[C@H](C)C[N+](=O)[O-].CO[C@@H](Cc1cc(C)cc(N)n1)[C@@H](C[N+](=O)[O-])NC(=O)OCc1ccccc1. The number of ether oxygens (including phenoxy) is 4. The predicted molar refractivity (Wildman–Crippen MR) is 161 cm³/mol. The number of benzene rings is 1. The number of amides is 1. The van der Waals surface area contributed by atoms with Gasteiger partial charge in [-0.3, -0.25) is 20.2 Å². The molecule has 14 nitrogen and oxygen atoms in total. The number of aryl methyl sites for hydroxylation is 1. The summed E-state index contributed by atoms with van der Waals surface area (Å²) in [6.07, 6.45) is 0.227. The van der Waals surface area contributed by atoms with Crippen molar-refractivity contribution in [2.45, 2.75) is 78.1 Å². The Morgan fingerprint density at radius 3 is 2.16 bits per heavy atom. The number of nitrogens with one attached hydrogen (secondary N) is 1. The van der Waals surface area contributed by atoms with Crippen LogP contribution in [0.3, 0.4) is 0 Å². The van der Waals surface area contributed by atoms with Crippen LogP contribution in [0.5, 0.6) is 0 Å². The van der Waals surface area contributed by atoms with E-state index < -0.39 is 36.0 Å². The monoisotopic (exact) mass is 607 g/mol. The van der Waals surface area contributed by atoms with E-state index in [1.54, 1.807) is 13.0 Å². The molecule has 43 heavy (non-hydrogen) atoms. The van der Waals surface area contributed by atoms with Gasteiger partial charge in [-0.25, -0.2) is 9.78 Å². The van der Waals surface area contributed by atoms with Crippen molar-refractivity contribution in [3.8, 4) is 0 Å². The second kappa shape index (κ2) is 20.1. The Hall–Kier alpha value is -3.88. The second-order valence-electron chi connectivity index (χ2n) is 10.0. The largest absolute Gasteiger partial charge is 0.445 e. The van der Waals surface area contributed by atoms with E-state index in [-0.39, 0.29) is 36.5 Å². The smallest absolute Gasteiger partial charge is 0.408 e. The number of nitro groups is 2. The quantitative estimate of drug-likeness (QED) is 0.149. The van der Waals surface area contributed by atoms with Gasteiger partial charge in [-0.2, -0.15) is 0 Å². The molecule has 0 saturated carbocycles. The van der Waals surface area contributed by atoms with E-state index in [4.69, 9.17) is 24.7 Å². The summed E-state index contributed by atoms with van der Waals surface area (Å²) >= 11 is 0. The number of alkyl carbamates (subject to hydrolysis) is 1. The number of nitrogen functional groups attached to an aromatic ring is 1. The third kappa shape index (κ3) is 15.2. The van der Waals surface area contributed by atoms with Crippen LogP contribution in [0.25, 0.3) is 0 Å². The van der Waals surface area contributed by atoms with Gasteiger partial charge in [-0.15, -0.1) is 0 Å². The summed E-state index contributed by atoms with van der Waals surface area (Å²) in [6.45, 7) is 7.11. The first-order chi connectivity index (χ1) is 20.4. The van der Waals surface area contributed by atoms with Crippen molar-refractivity contribution in [1.82, 2.24) is 10.3 Å². The average molecular weight is 608 g/mol. The van der Waals surface area contributed by atoms with E-state index in [1.165, 1.54) is 14.2 Å². The number of carbonyl (C=O) groups is 1. The fraction of sp³-hybridized carbons (Fsp3) is 0.586. The van der Waals surface area contributed by atoms with Gasteiger partial charge < -0.3 is 30.0 Å². The van der Waals surface area contributed by atoms with Crippen molar-refractivity contribution < 1.29 is 33.6 Å². The standard InChI is InChI=1S/C19H24N4O5.C10H21NO4/c1-13-8-15(21-18(20)9-13)10-17(27-2)16(11-23(25)26)22-19(24)28-12-14-6-4-3-5-7-14;1-5-9(6-2)15-10(14-4)8(3)7-11(12)13/h3-9,16-17H,10-12H2,1-2H3,(H2,20,21)(H,22,24);8-10H,5-7H2,1-4H3/t16-,17+;8-,10+/m11/s1. The summed E-state index contributed by atoms with van der Waals surface area (Å²) in [7, 11) is 2.94.